The van der Waals surface area contributed by atoms with Crippen molar-refractivity contribution in [1.29, 1.82) is 0 Å². The zero-order valence-electron chi connectivity index (χ0n) is 11.7. The summed E-state index contributed by atoms with van der Waals surface area (Å²) in [7, 11) is -3.42. The molecule has 2 N–H and O–H groups in total. The second kappa shape index (κ2) is 6.75. The van der Waals surface area contributed by atoms with Crippen LogP contribution in [-0.4, -0.2) is 35.6 Å². The Morgan fingerprint density at radius 2 is 2.09 bits per heavy atom. The lowest BCUT2D eigenvalue weighted by molar-refractivity contribution is -0.122. The van der Waals surface area contributed by atoms with Crippen LogP contribution < -0.4 is 10.0 Å². The van der Waals surface area contributed by atoms with Gasteiger partial charge in [-0.1, -0.05) is 29.8 Å². The van der Waals surface area contributed by atoms with Gasteiger partial charge in [-0.25, -0.2) is 8.42 Å². The van der Waals surface area contributed by atoms with E-state index < -0.39 is 10.0 Å². The lowest BCUT2D eigenvalue weighted by Gasteiger charge is -2.06. The molecule has 118 valence electrons. The average molecular weight is 344 g/mol. The fraction of sp³-hybridized carbons (Fsp3) is 0.250. The SMILES string of the molecule is CS(=O)(=O)Nc1cnn(CC(=O)NCc2ccccc2Cl)n1. The van der Waals surface area contributed by atoms with E-state index in [-0.39, 0.29) is 24.8 Å². The van der Waals surface area contributed by atoms with Crippen LogP contribution in [0.1, 0.15) is 5.56 Å². The molecule has 0 radical (unpaired) electrons. The minimum Gasteiger partial charge on any atom is -0.350 e. The van der Waals surface area contributed by atoms with Crippen molar-refractivity contribution in [2.45, 2.75) is 13.1 Å². The van der Waals surface area contributed by atoms with Crippen molar-refractivity contribution >= 4 is 33.3 Å². The first-order valence-corrected chi connectivity index (χ1v) is 8.48. The van der Waals surface area contributed by atoms with Crippen LogP contribution in [-0.2, 0) is 27.9 Å². The Morgan fingerprint density at radius 1 is 1.36 bits per heavy atom. The van der Waals surface area contributed by atoms with E-state index in [9.17, 15) is 13.2 Å². The van der Waals surface area contributed by atoms with Crippen molar-refractivity contribution in [2.75, 3.05) is 11.0 Å². The van der Waals surface area contributed by atoms with Crippen molar-refractivity contribution in [3.8, 4) is 0 Å². The molecule has 0 saturated carbocycles. The molecule has 8 nitrogen and oxygen atoms in total. The number of nitrogens with one attached hydrogen (secondary N) is 2. The molecule has 0 saturated heterocycles. The van der Waals surface area contributed by atoms with E-state index in [1.165, 1.54) is 6.20 Å². The van der Waals surface area contributed by atoms with Gasteiger partial charge >= 0.3 is 0 Å². The molecule has 1 amide bonds. The molecule has 1 heterocycles. The van der Waals surface area contributed by atoms with Gasteiger partial charge in [-0.15, -0.1) is 5.10 Å². The summed E-state index contributed by atoms with van der Waals surface area (Å²) in [5.41, 5.74) is 0.797. The molecule has 0 unspecified atom stereocenters. The van der Waals surface area contributed by atoms with Crippen LogP contribution in [0.5, 0.6) is 0 Å². The van der Waals surface area contributed by atoms with Crippen molar-refractivity contribution in [3.05, 3.63) is 41.0 Å². The predicted molar refractivity (Wildman–Crippen MR) is 81.8 cm³/mol. The topological polar surface area (TPSA) is 106 Å². The first-order valence-electron chi connectivity index (χ1n) is 6.21. The Kier molecular flexibility index (Phi) is 4.99. The summed E-state index contributed by atoms with van der Waals surface area (Å²) in [6.45, 7) is 0.157. The molecule has 1 aromatic carbocycles. The molecule has 0 aliphatic rings. The van der Waals surface area contributed by atoms with Crippen LogP contribution in [0.2, 0.25) is 5.02 Å². The van der Waals surface area contributed by atoms with Crippen LogP contribution >= 0.6 is 11.6 Å². The van der Waals surface area contributed by atoms with Crippen LogP contribution in [0.15, 0.2) is 30.5 Å². The number of sulfonamides is 1. The van der Waals surface area contributed by atoms with Gasteiger partial charge in [-0.2, -0.15) is 9.90 Å². The second-order valence-electron chi connectivity index (χ2n) is 4.50. The number of hydrogen-bond donors (Lipinski definition) is 2. The molecule has 0 spiro atoms. The van der Waals surface area contributed by atoms with Gasteiger partial charge in [0, 0.05) is 11.6 Å². The Balaban J connectivity index is 1.89. The van der Waals surface area contributed by atoms with Crippen LogP contribution in [0.25, 0.3) is 0 Å². The van der Waals surface area contributed by atoms with Gasteiger partial charge in [0.25, 0.3) is 0 Å². The molecule has 1 aromatic heterocycles. The number of halogens is 1. The predicted octanol–water partition coefficient (Wildman–Crippen LogP) is 0.619. The van der Waals surface area contributed by atoms with E-state index in [1.807, 2.05) is 12.1 Å². The molecular weight excluding hydrogens is 330 g/mol. The van der Waals surface area contributed by atoms with Gasteiger partial charge in [0.1, 0.15) is 6.54 Å². The maximum absolute atomic E-state index is 11.8. The zero-order valence-corrected chi connectivity index (χ0v) is 13.2. The van der Waals surface area contributed by atoms with Crippen LogP contribution in [0.3, 0.4) is 0 Å². The summed E-state index contributed by atoms with van der Waals surface area (Å²) in [6, 6.07) is 7.17. The number of carbonyl (C=O) groups is 1. The number of aromatic nitrogens is 3. The lowest BCUT2D eigenvalue weighted by atomic mass is 10.2. The van der Waals surface area contributed by atoms with Crippen molar-refractivity contribution in [3.63, 3.8) is 0 Å². The van der Waals surface area contributed by atoms with Crippen molar-refractivity contribution < 1.29 is 13.2 Å². The second-order valence-corrected chi connectivity index (χ2v) is 6.66. The number of carbonyl (C=O) groups excluding carboxylic acids is 1. The Bertz CT molecular complexity index is 775. The molecule has 0 bridgehead atoms. The fourth-order valence-corrected chi connectivity index (χ4v) is 2.31. The van der Waals surface area contributed by atoms with E-state index >= 15 is 0 Å². The van der Waals surface area contributed by atoms with Gasteiger partial charge in [-0.05, 0) is 11.6 Å². The molecule has 0 fully saturated rings. The quantitative estimate of drug-likeness (QED) is 0.799. The zero-order chi connectivity index (χ0) is 16.2. The molecule has 2 aromatic rings. The summed E-state index contributed by atoms with van der Waals surface area (Å²) in [6.07, 6.45) is 2.23. The molecule has 0 aliphatic heterocycles. The first kappa shape index (κ1) is 16.2. The number of rotatable bonds is 6. The first-order chi connectivity index (χ1) is 10.3. The smallest absolute Gasteiger partial charge is 0.243 e. The molecule has 2 rings (SSSR count). The summed E-state index contributed by atoms with van der Waals surface area (Å²) in [5.74, 6) is -0.261. The highest BCUT2D eigenvalue weighted by Crippen LogP contribution is 2.14. The highest BCUT2D eigenvalue weighted by molar-refractivity contribution is 7.92. The molecule has 10 heteroatoms. The third kappa shape index (κ3) is 5.01. The molecule has 22 heavy (non-hydrogen) atoms. The summed E-state index contributed by atoms with van der Waals surface area (Å²) in [4.78, 5) is 12.9. The van der Waals surface area contributed by atoms with Gasteiger partial charge in [-0.3, -0.25) is 9.52 Å². The van der Waals surface area contributed by atoms with E-state index in [0.29, 0.717) is 5.02 Å². The molecule has 0 aliphatic carbocycles. The minimum absolute atomic E-state index is 0.0569. The Hall–Kier alpha value is -2.13. The Labute approximate surface area is 132 Å². The van der Waals surface area contributed by atoms with E-state index in [0.717, 1.165) is 16.6 Å². The molecule has 0 atom stereocenters. The van der Waals surface area contributed by atoms with Crippen LogP contribution in [0.4, 0.5) is 5.82 Å². The highest BCUT2D eigenvalue weighted by atomic mass is 35.5. The van der Waals surface area contributed by atoms with Gasteiger partial charge in [0.15, 0.2) is 5.82 Å². The number of benzene rings is 1. The minimum atomic E-state index is -3.42. The standard InChI is InChI=1S/C12H14ClN5O3S/c1-22(20,21)17-11-7-15-18(16-11)8-12(19)14-6-9-4-2-3-5-10(9)13/h2-5,7H,6,8H2,1H3,(H,14,19)(H,16,17). The molecular formula is C12H14ClN5O3S. The largest absolute Gasteiger partial charge is 0.350 e. The van der Waals surface area contributed by atoms with E-state index in [4.69, 9.17) is 11.6 Å². The number of nitrogens with zero attached hydrogens (tertiary/aromatic N) is 3. The Morgan fingerprint density at radius 3 is 2.77 bits per heavy atom. The average Bonchev–Trinajstić information content (AvgIpc) is 2.82. The fourth-order valence-electron chi connectivity index (χ4n) is 1.63. The normalized spacial score (nSPS) is 11.2. The highest BCUT2D eigenvalue weighted by Gasteiger charge is 2.09. The van der Waals surface area contributed by atoms with Crippen molar-refractivity contribution in [1.82, 2.24) is 20.3 Å². The number of amides is 1. The third-order valence-electron chi connectivity index (χ3n) is 2.55. The van der Waals surface area contributed by atoms with E-state index in [1.54, 1.807) is 12.1 Å². The van der Waals surface area contributed by atoms with Gasteiger partial charge < -0.3 is 5.32 Å². The van der Waals surface area contributed by atoms with Crippen molar-refractivity contribution in [2.24, 2.45) is 0 Å². The maximum atomic E-state index is 11.8. The third-order valence-corrected chi connectivity index (χ3v) is 3.49. The van der Waals surface area contributed by atoms with Gasteiger partial charge in [0.2, 0.25) is 15.9 Å². The number of anilines is 1. The summed E-state index contributed by atoms with van der Waals surface area (Å²) < 4.78 is 24.3. The van der Waals surface area contributed by atoms with Crippen LogP contribution in [0, 0.1) is 0 Å². The summed E-state index contributed by atoms with van der Waals surface area (Å²) >= 11 is 5.99. The van der Waals surface area contributed by atoms with E-state index in [2.05, 4.69) is 20.2 Å². The monoisotopic (exact) mass is 343 g/mol. The summed E-state index contributed by atoms with van der Waals surface area (Å²) in [5, 5.41) is 10.9. The number of hydrogen-bond acceptors (Lipinski definition) is 5. The maximum Gasteiger partial charge on any atom is 0.243 e. The lowest BCUT2D eigenvalue weighted by Crippen LogP contribution is -2.28. The van der Waals surface area contributed by atoms with Gasteiger partial charge in [0.05, 0.1) is 12.5 Å².